The molecule has 0 radical (unpaired) electrons. The van der Waals surface area contributed by atoms with Gasteiger partial charge in [-0.2, -0.15) is 4.99 Å². The van der Waals surface area contributed by atoms with Crippen LogP contribution in [0.25, 0.3) is 0 Å². The molecule has 0 aliphatic carbocycles. The Labute approximate surface area is 118 Å². The molecule has 0 bridgehead atoms. The van der Waals surface area contributed by atoms with Crippen molar-refractivity contribution in [2.45, 2.75) is 45.1 Å². The van der Waals surface area contributed by atoms with E-state index >= 15 is 0 Å². The normalized spacial score (nSPS) is 10.1. The van der Waals surface area contributed by atoms with E-state index in [0.717, 1.165) is 17.0 Å². The van der Waals surface area contributed by atoms with E-state index in [1.54, 1.807) is 16.9 Å². The second kappa shape index (κ2) is 9.26. The first-order valence-electron chi connectivity index (χ1n) is 5.99. The van der Waals surface area contributed by atoms with Crippen LogP contribution in [0.5, 0.6) is 0 Å². The molecular formula is C14H21NOS2. The Morgan fingerprint density at radius 3 is 2.39 bits per heavy atom. The minimum atomic E-state index is 0.244. The third-order valence-corrected chi connectivity index (χ3v) is 4.93. The molecule has 0 saturated carbocycles. The fraction of sp³-hybridized carbons (Fsp3) is 0.500. The third kappa shape index (κ3) is 7.59. The third-order valence-electron chi connectivity index (χ3n) is 1.68. The monoisotopic (exact) mass is 283 g/mol. The highest BCUT2D eigenvalue weighted by Crippen LogP contribution is 2.38. The van der Waals surface area contributed by atoms with E-state index in [0.29, 0.717) is 0 Å². The van der Waals surface area contributed by atoms with Gasteiger partial charge in [0, 0.05) is 10.5 Å². The van der Waals surface area contributed by atoms with Crippen LogP contribution in [0.2, 0.25) is 0 Å². The molecular weight excluding hydrogens is 262 g/mol. The average Bonchev–Trinajstić information content (AvgIpc) is 2.33. The maximum atomic E-state index is 10.3. The molecule has 0 aliphatic heterocycles. The second-order valence-corrected chi connectivity index (χ2v) is 7.41. The van der Waals surface area contributed by atoms with Gasteiger partial charge in [0.25, 0.3) is 0 Å². The smallest absolute Gasteiger partial charge is 0.211 e. The number of carbonyl (C=O) groups excluding carboxylic acids is 1. The Kier molecular flexibility index (Phi) is 8.90. The van der Waals surface area contributed by atoms with Gasteiger partial charge in [-0.05, 0) is 11.6 Å². The van der Waals surface area contributed by atoms with Crippen LogP contribution in [0.3, 0.4) is 0 Å². The Morgan fingerprint density at radius 1 is 1.22 bits per heavy atom. The van der Waals surface area contributed by atoms with Crippen LogP contribution >= 0.6 is 21.6 Å². The SMILES string of the molecule is CC.CC(C)(C)SSCc1ccccc1N=C=O. The maximum Gasteiger partial charge on any atom is 0.240 e. The number of para-hydroxylation sites is 1. The van der Waals surface area contributed by atoms with Crippen LogP contribution in [0.1, 0.15) is 40.2 Å². The summed E-state index contributed by atoms with van der Waals surface area (Å²) in [6, 6.07) is 7.66. The Bertz CT molecular complexity index is 393. The zero-order valence-corrected chi connectivity index (χ0v) is 13.3. The van der Waals surface area contributed by atoms with Gasteiger partial charge in [-0.15, -0.1) is 0 Å². The van der Waals surface area contributed by atoms with Gasteiger partial charge in [-0.1, -0.05) is 74.4 Å². The van der Waals surface area contributed by atoms with Gasteiger partial charge in [0.2, 0.25) is 6.08 Å². The molecule has 1 aromatic carbocycles. The summed E-state index contributed by atoms with van der Waals surface area (Å²) in [5.41, 5.74) is 1.80. The second-order valence-electron chi connectivity index (χ2n) is 4.29. The Hall–Kier alpha value is -0.700. The van der Waals surface area contributed by atoms with Gasteiger partial charge in [0.15, 0.2) is 0 Å². The van der Waals surface area contributed by atoms with Crippen LogP contribution < -0.4 is 0 Å². The van der Waals surface area contributed by atoms with E-state index in [4.69, 9.17) is 0 Å². The van der Waals surface area contributed by atoms with Crippen LogP contribution in [-0.4, -0.2) is 10.8 Å². The molecule has 1 aromatic rings. The molecule has 0 amide bonds. The highest BCUT2D eigenvalue weighted by atomic mass is 33.1. The van der Waals surface area contributed by atoms with Crippen LogP contribution in [-0.2, 0) is 10.5 Å². The molecule has 1 rings (SSSR count). The minimum absolute atomic E-state index is 0.244. The van der Waals surface area contributed by atoms with Gasteiger partial charge in [-0.3, -0.25) is 0 Å². The largest absolute Gasteiger partial charge is 0.240 e. The Morgan fingerprint density at radius 2 is 1.83 bits per heavy atom. The summed E-state index contributed by atoms with van der Waals surface area (Å²) < 4.78 is 0.244. The Balaban J connectivity index is 0.00000137. The molecule has 0 spiro atoms. The highest BCUT2D eigenvalue weighted by molar-refractivity contribution is 8.76. The molecule has 100 valence electrons. The van der Waals surface area contributed by atoms with E-state index in [9.17, 15) is 4.79 Å². The van der Waals surface area contributed by atoms with E-state index < -0.39 is 0 Å². The average molecular weight is 283 g/mol. The molecule has 2 nitrogen and oxygen atoms in total. The maximum absolute atomic E-state index is 10.3. The van der Waals surface area contributed by atoms with Crippen molar-refractivity contribution in [3.63, 3.8) is 0 Å². The first-order chi connectivity index (χ1) is 8.53. The number of hydrogen-bond acceptors (Lipinski definition) is 4. The predicted molar refractivity (Wildman–Crippen MR) is 84.2 cm³/mol. The van der Waals surface area contributed by atoms with Gasteiger partial charge in [0.1, 0.15) is 0 Å². The molecule has 4 heteroatoms. The first kappa shape index (κ1) is 17.3. The number of rotatable bonds is 4. The van der Waals surface area contributed by atoms with Gasteiger partial charge in [0.05, 0.1) is 5.69 Å². The standard InChI is InChI=1S/C12H15NOS2.C2H6/c1-12(2,3)16-15-8-10-6-4-5-7-11(10)13-9-14;1-2/h4-7H,8H2,1-3H3;1-2H3. The quantitative estimate of drug-likeness (QED) is 0.423. The molecule has 0 heterocycles. The van der Waals surface area contributed by atoms with Crippen molar-refractivity contribution in [1.82, 2.24) is 0 Å². The lowest BCUT2D eigenvalue weighted by Gasteiger charge is -2.16. The highest BCUT2D eigenvalue weighted by Gasteiger charge is 2.11. The van der Waals surface area contributed by atoms with Gasteiger partial charge >= 0.3 is 0 Å². The van der Waals surface area contributed by atoms with Gasteiger partial charge < -0.3 is 0 Å². The molecule has 0 atom stereocenters. The van der Waals surface area contributed by atoms with Crippen LogP contribution in [0.15, 0.2) is 29.3 Å². The molecule has 0 N–H and O–H groups in total. The van der Waals surface area contributed by atoms with Crippen molar-refractivity contribution < 1.29 is 4.79 Å². The number of hydrogen-bond donors (Lipinski definition) is 0. The minimum Gasteiger partial charge on any atom is -0.211 e. The summed E-state index contributed by atoms with van der Waals surface area (Å²) in [5, 5.41) is 0. The van der Waals surface area contributed by atoms with E-state index in [2.05, 4.69) is 25.8 Å². The van der Waals surface area contributed by atoms with E-state index in [1.807, 2.05) is 48.9 Å². The summed E-state index contributed by atoms with van der Waals surface area (Å²) in [4.78, 5) is 13.9. The fourth-order valence-electron chi connectivity index (χ4n) is 1.06. The van der Waals surface area contributed by atoms with Crippen molar-refractivity contribution in [2.75, 3.05) is 0 Å². The van der Waals surface area contributed by atoms with Crippen LogP contribution in [0, 0.1) is 0 Å². The lowest BCUT2D eigenvalue weighted by Crippen LogP contribution is -2.04. The summed E-state index contributed by atoms with van der Waals surface area (Å²) in [6.07, 6.45) is 1.59. The zero-order valence-electron chi connectivity index (χ0n) is 11.7. The molecule has 0 unspecified atom stereocenters. The van der Waals surface area contributed by atoms with E-state index in [1.165, 1.54) is 0 Å². The van der Waals surface area contributed by atoms with Crippen molar-refractivity contribution in [3.8, 4) is 0 Å². The lowest BCUT2D eigenvalue weighted by atomic mass is 10.2. The lowest BCUT2D eigenvalue weighted by molar-refractivity contribution is 0.565. The van der Waals surface area contributed by atoms with E-state index in [-0.39, 0.29) is 4.75 Å². The summed E-state index contributed by atoms with van der Waals surface area (Å²) in [7, 11) is 3.61. The molecule has 0 saturated heterocycles. The molecule has 0 fully saturated rings. The number of isocyanates is 1. The van der Waals surface area contributed by atoms with Crippen molar-refractivity contribution in [2.24, 2.45) is 4.99 Å². The predicted octanol–water partition coefficient (Wildman–Crippen LogP) is 5.36. The van der Waals surface area contributed by atoms with Crippen molar-refractivity contribution >= 4 is 33.4 Å². The van der Waals surface area contributed by atoms with Crippen molar-refractivity contribution in [1.29, 1.82) is 0 Å². The number of aliphatic imine (C=N–C) groups is 1. The fourth-order valence-corrected chi connectivity index (χ4v) is 3.46. The first-order valence-corrected chi connectivity index (χ1v) is 8.31. The van der Waals surface area contributed by atoms with Crippen molar-refractivity contribution in [3.05, 3.63) is 29.8 Å². The molecule has 0 aromatic heterocycles. The van der Waals surface area contributed by atoms with Crippen LogP contribution in [0.4, 0.5) is 5.69 Å². The molecule has 0 aliphatic rings. The summed E-state index contributed by atoms with van der Waals surface area (Å²) in [6.45, 7) is 10.5. The zero-order chi connectivity index (χ0) is 14.0. The van der Waals surface area contributed by atoms with Gasteiger partial charge in [-0.25, -0.2) is 4.79 Å². The summed E-state index contributed by atoms with van der Waals surface area (Å²) >= 11 is 0. The number of benzene rings is 1. The number of nitrogens with zero attached hydrogens (tertiary/aromatic N) is 1. The molecule has 18 heavy (non-hydrogen) atoms. The summed E-state index contributed by atoms with van der Waals surface area (Å²) in [5.74, 6) is 0.850. The topological polar surface area (TPSA) is 29.4 Å².